The van der Waals surface area contributed by atoms with Crippen LogP contribution in [0.3, 0.4) is 0 Å². The molecule has 0 atom stereocenters. The van der Waals surface area contributed by atoms with E-state index in [9.17, 15) is 14.0 Å². The molecule has 2 aliphatic heterocycles. The van der Waals surface area contributed by atoms with Gasteiger partial charge in [0.25, 0.3) is 5.91 Å². The number of benzene rings is 1. The molecule has 0 radical (unpaired) electrons. The van der Waals surface area contributed by atoms with Crippen LogP contribution in [0.25, 0.3) is 10.2 Å². The van der Waals surface area contributed by atoms with E-state index in [1.54, 1.807) is 23.1 Å². The van der Waals surface area contributed by atoms with Gasteiger partial charge in [-0.15, -0.1) is 0 Å². The van der Waals surface area contributed by atoms with Crippen molar-refractivity contribution in [2.45, 2.75) is 12.8 Å². The average Bonchev–Trinajstić information content (AvgIpc) is 3.48. The van der Waals surface area contributed by atoms with E-state index in [1.807, 2.05) is 4.90 Å². The number of nitrogens with zero attached hydrogens (tertiary/aromatic N) is 4. The number of carbonyl (C=O) groups is 2. The number of anilines is 1. The van der Waals surface area contributed by atoms with E-state index >= 15 is 0 Å². The largest absolute Gasteiger partial charge is 0.459 e. The molecule has 2 aliphatic rings. The number of furan rings is 1. The van der Waals surface area contributed by atoms with Crippen molar-refractivity contribution in [3.05, 3.63) is 48.2 Å². The van der Waals surface area contributed by atoms with Crippen LogP contribution in [0.1, 0.15) is 23.4 Å². The van der Waals surface area contributed by atoms with Crippen LogP contribution >= 0.6 is 11.3 Å². The van der Waals surface area contributed by atoms with Crippen LogP contribution < -0.4 is 4.90 Å². The number of piperidine rings is 1. The molecule has 0 bridgehead atoms. The van der Waals surface area contributed by atoms with Gasteiger partial charge in [-0.05, 0) is 43.2 Å². The molecule has 0 saturated carbocycles. The molecule has 2 fully saturated rings. The summed E-state index contributed by atoms with van der Waals surface area (Å²) in [5.41, 5.74) is 0.807. The highest BCUT2D eigenvalue weighted by Crippen LogP contribution is 2.32. The Kier molecular flexibility index (Phi) is 5.35. The minimum Gasteiger partial charge on any atom is -0.459 e. The van der Waals surface area contributed by atoms with E-state index in [-0.39, 0.29) is 23.5 Å². The van der Waals surface area contributed by atoms with Crippen molar-refractivity contribution in [1.82, 2.24) is 14.8 Å². The van der Waals surface area contributed by atoms with Crippen molar-refractivity contribution in [2.75, 3.05) is 44.2 Å². The number of rotatable bonds is 3. The molecule has 2 amide bonds. The lowest BCUT2D eigenvalue weighted by molar-refractivity contribution is -0.137. The lowest BCUT2D eigenvalue weighted by Gasteiger charge is -2.38. The Hall–Kier alpha value is -2.94. The van der Waals surface area contributed by atoms with Crippen molar-refractivity contribution in [2.24, 2.45) is 5.92 Å². The fourth-order valence-corrected chi connectivity index (χ4v) is 5.33. The van der Waals surface area contributed by atoms with Crippen LogP contribution in [0.2, 0.25) is 0 Å². The van der Waals surface area contributed by atoms with Gasteiger partial charge in [0.05, 0.1) is 16.5 Å². The monoisotopic (exact) mass is 442 g/mol. The van der Waals surface area contributed by atoms with Gasteiger partial charge in [0.15, 0.2) is 10.9 Å². The van der Waals surface area contributed by atoms with E-state index in [0.717, 1.165) is 41.3 Å². The van der Waals surface area contributed by atoms with Gasteiger partial charge in [0.2, 0.25) is 5.91 Å². The molecule has 0 aliphatic carbocycles. The molecule has 3 aromatic rings. The fourth-order valence-electron chi connectivity index (χ4n) is 4.28. The van der Waals surface area contributed by atoms with E-state index in [4.69, 9.17) is 4.42 Å². The molecule has 0 unspecified atom stereocenters. The Morgan fingerprint density at radius 2 is 1.77 bits per heavy atom. The Morgan fingerprint density at radius 1 is 1.03 bits per heavy atom. The smallest absolute Gasteiger partial charge is 0.289 e. The summed E-state index contributed by atoms with van der Waals surface area (Å²) in [6.45, 7) is 3.66. The highest BCUT2D eigenvalue weighted by Gasteiger charge is 2.32. The first-order valence-corrected chi connectivity index (χ1v) is 11.3. The SMILES string of the molecule is O=C(c1ccco1)N1CCN(C(=O)C2CCN(c3nc4ccc(F)cc4s3)CC2)CC1. The van der Waals surface area contributed by atoms with Gasteiger partial charge < -0.3 is 19.1 Å². The molecule has 2 saturated heterocycles. The summed E-state index contributed by atoms with van der Waals surface area (Å²) in [5, 5.41) is 0.886. The number of fused-ring (bicyclic) bond motifs is 1. The van der Waals surface area contributed by atoms with Crippen LogP contribution in [0.15, 0.2) is 41.0 Å². The maximum absolute atomic E-state index is 13.4. The first-order chi connectivity index (χ1) is 15.1. The third-order valence-corrected chi connectivity index (χ3v) is 7.14. The van der Waals surface area contributed by atoms with Crippen molar-refractivity contribution in [1.29, 1.82) is 0 Å². The summed E-state index contributed by atoms with van der Waals surface area (Å²) in [7, 11) is 0. The number of amides is 2. The first-order valence-electron chi connectivity index (χ1n) is 10.5. The van der Waals surface area contributed by atoms with Gasteiger partial charge in [-0.2, -0.15) is 0 Å². The normalized spacial score (nSPS) is 18.0. The zero-order valence-corrected chi connectivity index (χ0v) is 17.8. The summed E-state index contributed by atoms with van der Waals surface area (Å²) in [6.07, 6.45) is 3.04. The van der Waals surface area contributed by atoms with Crippen molar-refractivity contribution >= 4 is 38.5 Å². The quantitative estimate of drug-likeness (QED) is 0.623. The average molecular weight is 443 g/mol. The number of thiazole rings is 1. The summed E-state index contributed by atoms with van der Waals surface area (Å²) in [4.78, 5) is 35.8. The molecular weight excluding hydrogens is 419 g/mol. The molecule has 31 heavy (non-hydrogen) atoms. The Labute approximate surface area is 183 Å². The maximum Gasteiger partial charge on any atom is 0.289 e. The summed E-state index contributed by atoms with van der Waals surface area (Å²) in [6, 6.07) is 8.01. The van der Waals surface area contributed by atoms with Crippen LogP contribution in [-0.4, -0.2) is 65.9 Å². The molecule has 5 rings (SSSR count). The Balaban J connectivity index is 1.14. The number of aromatic nitrogens is 1. The topological polar surface area (TPSA) is 69.9 Å². The summed E-state index contributed by atoms with van der Waals surface area (Å²) in [5.74, 6) is 0.135. The summed E-state index contributed by atoms with van der Waals surface area (Å²) < 4.78 is 19.5. The van der Waals surface area contributed by atoms with Gasteiger partial charge in [-0.1, -0.05) is 11.3 Å². The van der Waals surface area contributed by atoms with Gasteiger partial charge in [-0.3, -0.25) is 9.59 Å². The predicted octanol–water partition coefficient (Wildman–Crippen LogP) is 3.23. The van der Waals surface area contributed by atoms with Gasteiger partial charge in [0, 0.05) is 45.2 Å². The lowest BCUT2D eigenvalue weighted by Crippen LogP contribution is -2.53. The molecule has 7 nitrogen and oxygen atoms in total. The number of piperazine rings is 1. The van der Waals surface area contributed by atoms with Crippen molar-refractivity contribution < 1.29 is 18.4 Å². The predicted molar refractivity (Wildman–Crippen MR) is 116 cm³/mol. The first kappa shape index (κ1) is 20.0. The molecule has 9 heteroatoms. The second-order valence-electron chi connectivity index (χ2n) is 7.96. The molecule has 162 valence electrons. The molecule has 2 aromatic heterocycles. The van der Waals surface area contributed by atoms with Crippen LogP contribution in [0.5, 0.6) is 0 Å². The minimum absolute atomic E-state index is 0.00426. The molecule has 0 N–H and O–H groups in total. The molecular formula is C22H23FN4O3S. The minimum atomic E-state index is -0.252. The number of halogens is 1. The second kappa shape index (κ2) is 8.30. The number of hydrogen-bond donors (Lipinski definition) is 0. The molecule has 4 heterocycles. The zero-order chi connectivity index (χ0) is 21.4. The lowest BCUT2D eigenvalue weighted by atomic mass is 9.95. The highest BCUT2D eigenvalue weighted by atomic mass is 32.1. The Bertz CT molecular complexity index is 1080. The number of hydrogen-bond acceptors (Lipinski definition) is 6. The van der Waals surface area contributed by atoms with Crippen molar-refractivity contribution in [3.63, 3.8) is 0 Å². The van der Waals surface area contributed by atoms with E-state index in [1.165, 1.54) is 29.7 Å². The standard InChI is InChI=1S/C22H23FN4O3S/c23-16-3-4-17-19(14-16)31-22(24-17)27-7-5-15(6-8-27)20(28)25-9-11-26(12-10-25)21(29)18-2-1-13-30-18/h1-4,13-15H,5-12H2. The van der Waals surface area contributed by atoms with Crippen molar-refractivity contribution in [3.8, 4) is 0 Å². The third kappa shape index (κ3) is 4.01. The van der Waals surface area contributed by atoms with Crippen LogP contribution in [0, 0.1) is 11.7 Å². The second-order valence-corrected chi connectivity index (χ2v) is 8.97. The fraction of sp³-hybridized carbons (Fsp3) is 0.409. The number of carbonyl (C=O) groups excluding carboxylic acids is 2. The van der Waals surface area contributed by atoms with E-state index in [2.05, 4.69) is 9.88 Å². The van der Waals surface area contributed by atoms with E-state index in [0.29, 0.717) is 31.9 Å². The van der Waals surface area contributed by atoms with Gasteiger partial charge in [0.1, 0.15) is 5.82 Å². The molecule has 1 aromatic carbocycles. The van der Waals surface area contributed by atoms with Gasteiger partial charge >= 0.3 is 0 Å². The summed E-state index contributed by atoms with van der Waals surface area (Å²) >= 11 is 1.49. The van der Waals surface area contributed by atoms with Gasteiger partial charge in [-0.25, -0.2) is 9.37 Å². The van der Waals surface area contributed by atoms with E-state index < -0.39 is 0 Å². The van der Waals surface area contributed by atoms with Crippen LogP contribution in [-0.2, 0) is 4.79 Å². The molecule has 0 spiro atoms. The Morgan fingerprint density at radius 3 is 2.48 bits per heavy atom. The zero-order valence-electron chi connectivity index (χ0n) is 17.0. The third-order valence-electron chi connectivity index (χ3n) is 6.06. The highest BCUT2D eigenvalue weighted by molar-refractivity contribution is 7.22. The van der Waals surface area contributed by atoms with Crippen LogP contribution in [0.4, 0.5) is 9.52 Å². The maximum atomic E-state index is 13.4.